The number of sulfonamides is 1. The van der Waals surface area contributed by atoms with Crippen LogP contribution in [-0.4, -0.2) is 62.2 Å². The van der Waals surface area contributed by atoms with Crippen molar-refractivity contribution in [1.82, 2.24) is 14.5 Å². The van der Waals surface area contributed by atoms with Gasteiger partial charge in [0.1, 0.15) is 0 Å². The Kier molecular flexibility index (Phi) is 6.39. The van der Waals surface area contributed by atoms with Gasteiger partial charge in [-0.15, -0.1) is 0 Å². The molecule has 0 unspecified atom stereocenters. The Labute approximate surface area is 170 Å². The third-order valence-electron chi connectivity index (χ3n) is 4.92. The Morgan fingerprint density at radius 1 is 1.07 bits per heavy atom. The second-order valence-corrected chi connectivity index (χ2v) is 9.11. The molecular formula is C20H25N3O5S. The third-order valence-corrected chi connectivity index (χ3v) is 6.83. The van der Waals surface area contributed by atoms with Crippen molar-refractivity contribution >= 4 is 21.8 Å². The lowest BCUT2D eigenvalue weighted by atomic mass is 10.0. The summed E-state index contributed by atoms with van der Waals surface area (Å²) in [5.74, 6) is -0.260. The van der Waals surface area contributed by atoms with E-state index < -0.39 is 15.9 Å². The Morgan fingerprint density at radius 2 is 1.72 bits per heavy atom. The minimum atomic E-state index is -3.60. The van der Waals surface area contributed by atoms with Crippen molar-refractivity contribution in [3.8, 4) is 0 Å². The Hall–Kier alpha value is -2.65. The summed E-state index contributed by atoms with van der Waals surface area (Å²) in [7, 11) is -3.60. The zero-order chi connectivity index (χ0) is 21.0. The van der Waals surface area contributed by atoms with E-state index in [0.29, 0.717) is 5.92 Å². The van der Waals surface area contributed by atoms with E-state index in [2.05, 4.69) is 19.2 Å². The highest BCUT2D eigenvalue weighted by Gasteiger charge is 2.30. The van der Waals surface area contributed by atoms with E-state index in [0.717, 1.165) is 5.56 Å². The van der Waals surface area contributed by atoms with E-state index in [1.54, 1.807) is 23.1 Å². The zero-order valence-corrected chi connectivity index (χ0v) is 17.3. The van der Waals surface area contributed by atoms with Crippen molar-refractivity contribution in [2.75, 3.05) is 32.7 Å². The molecule has 0 radical (unpaired) electrons. The summed E-state index contributed by atoms with van der Waals surface area (Å²) < 4.78 is 32.1. The summed E-state index contributed by atoms with van der Waals surface area (Å²) >= 11 is 0. The molecule has 0 saturated carbocycles. The molecule has 0 bridgehead atoms. The summed E-state index contributed by atoms with van der Waals surface area (Å²) in [6.07, 6.45) is 1.38. The molecule has 2 aromatic rings. The zero-order valence-electron chi connectivity index (χ0n) is 16.5. The molecule has 1 saturated heterocycles. The predicted molar refractivity (Wildman–Crippen MR) is 107 cm³/mol. The van der Waals surface area contributed by atoms with Crippen molar-refractivity contribution < 1.29 is 22.4 Å². The average molecular weight is 420 g/mol. The van der Waals surface area contributed by atoms with E-state index in [1.165, 1.54) is 16.6 Å². The van der Waals surface area contributed by atoms with Gasteiger partial charge in [-0.3, -0.25) is 9.59 Å². The van der Waals surface area contributed by atoms with E-state index in [9.17, 15) is 18.0 Å². The fourth-order valence-corrected chi connectivity index (χ4v) is 4.54. The third kappa shape index (κ3) is 4.86. The minimum absolute atomic E-state index is 0.136. The molecule has 3 rings (SSSR count). The van der Waals surface area contributed by atoms with Gasteiger partial charge in [-0.2, -0.15) is 4.31 Å². The molecule has 2 heterocycles. The lowest BCUT2D eigenvalue weighted by molar-refractivity contribution is -0.131. The van der Waals surface area contributed by atoms with Crippen LogP contribution in [0.2, 0.25) is 0 Å². The van der Waals surface area contributed by atoms with Crippen LogP contribution in [0.5, 0.6) is 0 Å². The second kappa shape index (κ2) is 8.79. The van der Waals surface area contributed by atoms with Crippen LogP contribution in [0.1, 0.15) is 35.9 Å². The fraction of sp³-hybridized carbons (Fsp3) is 0.400. The van der Waals surface area contributed by atoms with Gasteiger partial charge in [0, 0.05) is 26.2 Å². The highest BCUT2D eigenvalue weighted by molar-refractivity contribution is 7.89. The van der Waals surface area contributed by atoms with Crippen LogP contribution in [0, 0.1) is 0 Å². The number of amides is 2. The number of hydrogen-bond donors (Lipinski definition) is 1. The molecule has 1 aromatic heterocycles. The Balaban J connectivity index is 1.53. The molecule has 1 aromatic carbocycles. The van der Waals surface area contributed by atoms with Gasteiger partial charge in [-0.05, 0) is 35.7 Å². The molecule has 8 nitrogen and oxygen atoms in total. The number of hydrogen-bond acceptors (Lipinski definition) is 5. The molecule has 1 fully saturated rings. The van der Waals surface area contributed by atoms with E-state index >= 15 is 0 Å². The lowest BCUT2D eigenvalue weighted by Gasteiger charge is -2.34. The number of rotatable bonds is 6. The molecule has 1 aliphatic heterocycles. The summed E-state index contributed by atoms with van der Waals surface area (Å²) in [5, 5.41) is 2.51. The second-order valence-electron chi connectivity index (χ2n) is 7.17. The summed E-state index contributed by atoms with van der Waals surface area (Å²) in [6.45, 7) is 4.92. The maximum atomic E-state index is 12.8. The van der Waals surface area contributed by atoms with Gasteiger partial charge in [0.25, 0.3) is 5.91 Å². The number of carbonyl (C=O) groups excluding carboxylic acids is 2. The van der Waals surface area contributed by atoms with Crippen LogP contribution in [0.3, 0.4) is 0 Å². The van der Waals surface area contributed by atoms with E-state index in [4.69, 9.17) is 4.42 Å². The quantitative estimate of drug-likeness (QED) is 0.768. The highest BCUT2D eigenvalue weighted by atomic mass is 32.2. The molecule has 1 aliphatic rings. The Bertz CT molecular complexity index is 945. The topological polar surface area (TPSA) is 99.9 Å². The smallest absolute Gasteiger partial charge is 0.287 e. The first-order valence-corrected chi connectivity index (χ1v) is 10.9. The van der Waals surface area contributed by atoms with E-state index in [-0.39, 0.29) is 49.3 Å². The molecule has 29 heavy (non-hydrogen) atoms. The largest absolute Gasteiger partial charge is 0.459 e. The van der Waals surface area contributed by atoms with Crippen molar-refractivity contribution in [3.63, 3.8) is 0 Å². The van der Waals surface area contributed by atoms with Crippen LogP contribution < -0.4 is 5.32 Å². The number of piperazine rings is 1. The van der Waals surface area contributed by atoms with E-state index in [1.807, 2.05) is 12.1 Å². The minimum Gasteiger partial charge on any atom is -0.459 e. The van der Waals surface area contributed by atoms with Crippen molar-refractivity contribution in [1.29, 1.82) is 0 Å². The van der Waals surface area contributed by atoms with Crippen LogP contribution in [0.25, 0.3) is 0 Å². The molecule has 0 spiro atoms. The van der Waals surface area contributed by atoms with Crippen molar-refractivity contribution in [2.45, 2.75) is 24.7 Å². The van der Waals surface area contributed by atoms with Crippen molar-refractivity contribution in [3.05, 3.63) is 54.0 Å². The van der Waals surface area contributed by atoms with Crippen LogP contribution >= 0.6 is 0 Å². The maximum Gasteiger partial charge on any atom is 0.287 e. The lowest BCUT2D eigenvalue weighted by Crippen LogP contribution is -2.52. The fourth-order valence-electron chi connectivity index (χ4n) is 3.11. The number of nitrogens with zero attached hydrogens (tertiary/aromatic N) is 2. The van der Waals surface area contributed by atoms with Gasteiger partial charge in [-0.25, -0.2) is 8.42 Å². The number of nitrogens with one attached hydrogen (secondary N) is 1. The summed E-state index contributed by atoms with van der Waals surface area (Å²) in [5.41, 5.74) is 1.08. The number of benzene rings is 1. The van der Waals surface area contributed by atoms with Gasteiger partial charge in [-0.1, -0.05) is 26.0 Å². The van der Waals surface area contributed by atoms with Crippen LogP contribution in [0.15, 0.2) is 52.0 Å². The maximum absolute atomic E-state index is 12.8. The first kappa shape index (κ1) is 21.1. The Morgan fingerprint density at radius 3 is 2.28 bits per heavy atom. The highest BCUT2D eigenvalue weighted by Crippen LogP contribution is 2.21. The van der Waals surface area contributed by atoms with Gasteiger partial charge >= 0.3 is 0 Å². The first-order valence-electron chi connectivity index (χ1n) is 9.48. The molecule has 156 valence electrons. The SMILES string of the molecule is CC(C)c1ccc(S(=O)(=O)N2CCN(C(=O)CNC(=O)c3ccco3)CC2)cc1. The molecule has 2 amide bonds. The van der Waals surface area contributed by atoms with Crippen molar-refractivity contribution in [2.24, 2.45) is 0 Å². The van der Waals surface area contributed by atoms with Gasteiger partial charge in [0.05, 0.1) is 17.7 Å². The van der Waals surface area contributed by atoms with Gasteiger partial charge in [0.15, 0.2) is 5.76 Å². The first-order chi connectivity index (χ1) is 13.8. The molecule has 0 aliphatic carbocycles. The average Bonchev–Trinajstić information content (AvgIpc) is 3.27. The van der Waals surface area contributed by atoms with Crippen LogP contribution in [-0.2, 0) is 14.8 Å². The predicted octanol–water partition coefficient (Wildman–Crippen LogP) is 1.67. The monoisotopic (exact) mass is 419 g/mol. The van der Waals surface area contributed by atoms with Gasteiger partial charge in [0.2, 0.25) is 15.9 Å². The molecule has 0 atom stereocenters. The summed E-state index contributed by atoms with van der Waals surface area (Å²) in [6, 6.07) is 10.0. The number of carbonyl (C=O) groups is 2. The number of furan rings is 1. The summed E-state index contributed by atoms with van der Waals surface area (Å²) in [4.78, 5) is 26.0. The molecular weight excluding hydrogens is 394 g/mol. The molecule has 1 N–H and O–H groups in total. The van der Waals surface area contributed by atoms with Crippen LogP contribution in [0.4, 0.5) is 0 Å². The standard InChI is InChI=1S/C20H25N3O5S/c1-15(2)16-5-7-17(8-6-16)29(26,27)23-11-9-22(10-12-23)19(24)14-21-20(25)18-4-3-13-28-18/h3-8,13,15H,9-12,14H2,1-2H3,(H,21,25). The molecule has 9 heteroatoms. The normalized spacial score (nSPS) is 15.5. The van der Waals surface area contributed by atoms with Gasteiger partial charge < -0.3 is 14.6 Å².